The summed E-state index contributed by atoms with van der Waals surface area (Å²) in [6.45, 7) is 4.68. The molecule has 1 unspecified atom stereocenters. The molecule has 0 spiro atoms. The first-order valence-electron chi connectivity index (χ1n) is 5.96. The summed E-state index contributed by atoms with van der Waals surface area (Å²) in [4.78, 5) is 11.7. The zero-order chi connectivity index (χ0) is 13.1. The van der Waals surface area contributed by atoms with Crippen LogP contribution >= 0.6 is 0 Å². The molecule has 1 aliphatic heterocycles. The summed E-state index contributed by atoms with van der Waals surface area (Å²) in [6.07, 6.45) is -1.19. The van der Waals surface area contributed by atoms with Crippen molar-refractivity contribution >= 4 is 5.91 Å². The number of nitrogens with one attached hydrogen (secondary N) is 1. The second-order valence-corrected chi connectivity index (χ2v) is 4.47. The van der Waals surface area contributed by atoms with Crippen molar-refractivity contribution in [3.05, 3.63) is 23.8 Å². The van der Waals surface area contributed by atoms with Crippen molar-refractivity contribution in [3.63, 3.8) is 0 Å². The fourth-order valence-corrected chi connectivity index (χ4v) is 1.74. The van der Waals surface area contributed by atoms with Crippen LogP contribution < -0.4 is 14.8 Å². The van der Waals surface area contributed by atoms with Gasteiger partial charge in [0, 0.05) is 6.04 Å². The number of rotatable bonds is 3. The molecule has 1 aliphatic rings. The molecule has 2 N–H and O–H groups in total. The number of fused-ring (bicyclic) bond motifs is 1. The lowest BCUT2D eigenvalue weighted by atomic mass is 10.1. The summed E-state index contributed by atoms with van der Waals surface area (Å²) in [7, 11) is 0. The first-order valence-corrected chi connectivity index (χ1v) is 5.96. The molecular weight excluding hydrogens is 234 g/mol. The molecule has 0 aliphatic carbocycles. The highest BCUT2D eigenvalue weighted by atomic mass is 16.6. The number of benzene rings is 1. The van der Waals surface area contributed by atoms with Crippen LogP contribution in [0, 0.1) is 0 Å². The normalized spacial score (nSPS) is 15.3. The number of aliphatic hydroxyl groups is 1. The Kier molecular flexibility index (Phi) is 3.72. The van der Waals surface area contributed by atoms with Crippen LogP contribution in [0.5, 0.6) is 11.5 Å². The molecule has 2 rings (SSSR count). The van der Waals surface area contributed by atoms with Crippen LogP contribution in [0.25, 0.3) is 0 Å². The van der Waals surface area contributed by atoms with Crippen LogP contribution in [0.1, 0.15) is 25.5 Å². The van der Waals surface area contributed by atoms with Gasteiger partial charge in [-0.3, -0.25) is 4.79 Å². The molecule has 5 heteroatoms. The average Bonchev–Trinajstić information content (AvgIpc) is 2.36. The Bertz CT molecular complexity index is 445. The van der Waals surface area contributed by atoms with E-state index in [1.807, 2.05) is 13.8 Å². The van der Waals surface area contributed by atoms with Gasteiger partial charge in [-0.25, -0.2) is 0 Å². The second-order valence-electron chi connectivity index (χ2n) is 4.47. The molecule has 0 saturated heterocycles. The molecule has 98 valence electrons. The van der Waals surface area contributed by atoms with E-state index in [1.54, 1.807) is 18.2 Å². The van der Waals surface area contributed by atoms with Gasteiger partial charge in [0.2, 0.25) is 0 Å². The Labute approximate surface area is 106 Å². The van der Waals surface area contributed by atoms with E-state index in [1.165, 1.54) is 0 Å². The summed E-state index contributed by atoms with van der Waals surface area (Å²) in [6, 6.07) is 5.00. The first-order chi connectivity index (χ1) is 8.58. The Morgan fingerprint density at radius 2 is 1.94 bits per heavy atom. The van der Waals surface area contributed by atoms with Crippen molar-refractivity contribution in [3.8, 4) is 11.5 Å². The van der Waals surface area contributed by atoms with Gasteiger partial charge < -0.3 is 19.9 Å². The Morgan fingerprint density at radius 3 is 2.61 bits per heavy atom. The third-order valence-electron chi connectivity index (χ3n) is 2.56. The number of carbonyl (C=O) groups is 1. The smallest absolute Gasteiger partial charge is 0.253 e. The second kappa shape index (κ2) is 5.27. The highest BCUT2D eigenvalue weighted by molar-refractivity contribution is 5.82. The molecule has 0 bridgehead atoms. The lowest BCUT2D eigenvalue weighted by molar-refractivity contribution is -0.130. The van der Waals surface area contributed by atoms with Crippen LogP contribution in [0.2, 0.25) is 0 Å². The van der Waals surface area contributed by atoms with E-state index in [9.17, 15) is 9.90 Å². The molecule has 1 aromatic rings. The van der Waals surface area contributed by atoms with E-state index in [2.05, 4.69) is 5.32 Å². The maximum atomic E-state index is 11.7. The average molecular weight is 251 g/mol. The minimum Gasteiger partial charge on any atom is -0.486 e. The van der Waals surface area contributed by atoms with Gasteiger partial charge in [0.25, 0.3) is 5.91 Å². The van der Waals surface area contributed by atoms with Crippen molar-refractivity contribution in [1.82, 2.24) is 5.32 Å². The molecule has 0 radical (unpaired) electrons. The third-order valence-corrected chi connectivity index (χ3v) is 2.56. The minimum atomic E-state index is -1.19. The van der Waals surface area contributed by atoms with Crippen molar-refractivity contribution in [1.29, 1.82) is 0 Å². The van der Waals surface area contributed by atoms with Gasteiger partial charge in [-0.2, -0.15) is 0 Å². The number of carbonyl (C=O) groups excluding carboxylic acids is 1. The lowest BCUT2D eigenvalue weighted by Gasteiger charge is -2.20. The molecule has 1 atom stereocenters. The number of aliphatic hydroxyl groups excluding tert-OH is 1. The van der Waals surface area contributed by atoms with E-state index in [0.717, 1.165) is 0 Å². The van der Waals surface area contributed by atoms with Gasteiger partial charge in [0.05, 0.1) is 0 Å². The summed E-state index contributed by atoms with van der Waals surface area (Å²) in [5, 5.41) is 12.6. The molecule has 1 aromatic carbocycles. The maximum absolute atomic E-state index is 11.7. The number of hydrogen-bond donors (Lipinski definition) is 2. The fourth-order valence-electron chi connectivity index (χ4n) is 1.74. The molecule has 1 heterocycles. The van der Waals surface area contributed by atoms with Crippen LogP contribution in [0.15, 0.2) is 18.2 Å². The maximum Gasteiger partial charge on any atom is 0.253 e. The predicted octanol–water partition coefficient (Wildman–Crippen LogP) is 1.02. The van der Waals surface area contributed by atoms with Gasteiger partial charge >= 0.3 is 0 Å². The number of amides is 1. The zero-order valence-corrected chi connectivity index (χ0v) is 10.5. The highest BCUT2D eigenvalue weighted by Gasteiger charge is 2.20. The van der Waals surface area contributed by atoms with Crippen LogP contribution in [-0.2, 0) is 4.79 Å². The summed E-state index contributed by atoms with van der Waals surface area (Å²) < 4.78 is 10.8. The van der Waals surface area contributed by atoms with E-state index in [0.29, 0.717) is 30.3 Å². The Hall–Kier alpha value is -1.75. The summed E-state index contributed by atoms with van der Waals surface area (Å²) in [5.41, 5.74) is 0.498. The summed E-state index contributed by atoms with van der Waals surface area (Å²) >= 11 is 0. The zero-order valence-electron chi connectivity index (χ0n) is 10.5. The quantitative estimate of drug-likeness (QED) is 0.841. The molecule has 18 heavy (non-hydrogen) atoms. The van der Waals surface area contributed by atoms with Crippen molar-refractivity contribution in [2.45, 2.75) is 26.0 Å². The third kappa shape index (κ3) is 2.73. The largest absolute Gasteiger partial charge is 0.486 e. The minimum absolute atomic E-state index is 0.00985. The van der Waals surface area contributed by atoms with Crippen molar-refractivity contribution < 1.29 is 19.4 Å². The van der Waals surface area contributed by atoms with Crippen LogP contribution in [0.4, 0.5) is 0 Å². The lowest BCUT2D eigenvalue weighted by Crippen LogP contribution is -2.34. The van der Waals surface area contributed by atoms with Gasteiger partial charge in [0.15, 0.2) is 17.6 Å². The van der Waals surface area contributed by atoms with E-state index in [4.69, 9.17) is 9.47 Å². The number of hydrogen-bond acceptors (Lipinski definition) is 4. The van der Waals surface area contributed by atoms with Crippen molar-refractivity contribution in [2.24, 2.45) is 0 Å². The van der Waals surface area contributed by atoms with E-state index in [-0.39, 0.29) is 6.04 Å². The van der Waals surface area contributed by atoms with Crippen LogP contribution in [0.3, 0.4) is 0 Å². The molecule has 0 fully saturated rings. The molecule has 1 amide bonds. The van der Waals surface area contributed by atoms with Gasteiger partial charge in [0.1, 0.15) is 13.2 Å². The van der Waals surface area contributed by atoms with E-state index < -0.39 is 12.0 Å². The fraction of sp³-hybridized carbons (Fsp3) is 0.462. The van der Waals surface area contributed by atoms with Crippen LogP contribution in [-0.4, -0.2) is 30.3 Å². The molecule has 5 nitrogen and oxygen atoms in total. The molecule has 0 saturated carbocycles. The standard InChI is InChI=1S/C13H17NO4/c1-8(2)14-13(16)12(15)9-3-4-10-11(7-9)18-6-5-17-10/h3-4,7-8,12,15H,5-6H2,1-2H3,(H,14,16). The first kappa shape index (κ1) is 12.7. The topological polar surface area (TPSA) is 67.8 Å². The number of ether oxygens (including phenoxy) is 2. The summed E-state index contributed by atoms with van der Waals surface area (Å²) in [5.74, 6) is 0.790. The Morgan fingerprint density at radius 1 is 1.28 bits per heavy atom. The Balaban J connectivity index is 2.15. The highest BCUT2D eigenvalue weighted by Crippen LogP contribution is 2.32. The van der Waals surface area contributed by atoms with E-state index >= 15 is 0 Å². The van der Waals surface area contributed by atoms with Crippen molar-refractivity contribution in [2.75, 3.05) is 13.2 Å². The van der Waals surface area contributed by atoms with Gasteiger partial charge in [-0.15, -0.1) is 0 Å². The predicted molar refractivity (Wildman–Crippen MR) is 65.7 cm³/mol. The monoisotopic (exact) mass is 251 g/mol. The van der Waals surface area contributed by atoms with Gasteiger partial charge in [-0.05, 0) is 31.5 Å². The molecular formula is C13H17NO4. The molecule has 0 aromatic heterocycles. The SMILES string of the molecule is CC(C)NC(=O)C(O)c1ccc2c(c1)OCCO2. The van der Waals surface area contributed by atoms with Gasteiger partial charge in [-0.1, -0.05) is 6.07 Å².